The molecule has 0 spiro atoms. The summed E-state index contributed by atoms with van der Waals surface area (Å²) in [5, 5.41) is 32.0. The Hall–Kier alpha value is -0.900. The van der Waals surface area contributed by atoms with Gasteiger partial charge in [0.25, 0.3) is 0 Å². The zero-order valence-electron chi connectivity index (χ0n) is 14.9. The third-order valence-corrected chi connectivity index (χ3v) is 5.72. The lowest BCUT2D eigenvalue weighted by Crippen LogP contribution is -2.35. The smallest absolute Gasteiger partial charge is 0.105 e. The van der Waals surface area contributed by atoms with Crippen molar-refractivity contribution in [2.75, 3.05) is 0 Å². The first-order chi connectivity index (χ1) is 10.6. The minimum Gasteiger partial charge on any atom is -0.390 e. The van der Waals surface area contributed by atoms with Crippen LogP contribution < -0.4 is 0 Å². The summed E-state index contributed by atoms with van der Waals surface area (Å²) >= 11 is 0. The molecule has 0 amide bonds. The number of rotatable bonds is 1. The van der Waals surface area contributed by atoms with Crippen molar-refractivity contribution < 1.29 is 15.3 Å². The average molecular weight is 320 g/mol. The monoisotopic (exact) mass is 320 g/mol. The average Bonchev–Trinajstić information content (AvgIpc) is 2.76. The van der Waals surface area contributed by atoms with E-state index in [1.54, 1.807) is 0 Å². The maximum absolute atomic E-state index is 10.8. The molecule has 0 aromatic carbocycles. The van der Waals surface area contributed by atoms with E-state index >= 15 is 0 Å². The second kappa shape index (κ2) is 6.92. The molecule has 1 saturated carbocycles. The Morgan fingerprint density at radius 1 is 1.26 bits per heavy atom. The summed E-state index contributed by atoms with van der Waals surface area (Å²) in [5.41, 5.74) is 2.00. The van der Waals surface area contributed by atoms with Gasteiger partial charge < -0.3 is 15.3 Å². The summed E-state index contributed by atoms with van der Waals surface area (Å²) in [6, 6.07) is 0. The highest BCUT2D eigenvalue weighted by molar-refractivity contribution is 5.26. The predicted octanol–water partition coefficient (Wildman–Crippen LogP) is 3.36. The van der Waals surface area contributed by atoms with Crippen LogP contribution in [0.3, 0.4) is 0 Å². The number of fused-ring (bicyclic) bond motifs is 1. The van der Waals surface area contributed by atoms with E-state index in [1.807, 2.05) is 39.8 Å². The lowest BCUT2D eigenvalue weighted by Gasteiger charge is -2.31. The third kappa shape index (κ3) is 3.78. The molecule has 2 aliphatic rings. The van der Waals surface area contributed by atoms with Gasteiger partial charge in [-0.25, -0.2) is 0 Å². The van der Waals surface area contributed by atoms with Gasteiger partial charge >= 0.3 is 0 Å². The van der Waals surface area contributed by atoms with Crippen LogP contribution in [0, 0.1) is 17.8 Å². The van der Waals surface area contributed by atoms with Crippen molar-refractivity contribution in [2.45, 2.75) is 71.2 Å². The van der Waals surface area contributed by atoms with Crippen LogP contribution >= 0.6 is 0 Å². The molecule has 0 radical (unpaired) electrons. The lowest BCUT2D eigenvalue weighted by atomic mass is 9.79. The highest BCUT2D eigenvalue weighted by Gasteiger charge is 2.44. The van der Waals surface area contributed by atoms with E-state index in [-0.39, 0.29) is 17.8 Å². The van der Waals surface area contributed by atoms with Crippen molar-refractivity contribution in [3.63, 3.8) is 0 Å². The predicted molar refractivity (Wildman–Crippen MR) is 93.9 cm³/mol. The second-order valence-electron chi connectivity index (χ2n) is 7.88. The molecule has 23 heavy (non-hydrogen) atoms. The first kappa shape index (κ1) is 18.4. The van der Waals surface area contributed by atoms with Crippen molar-refractivity contribution in [1.82, 2.24) is 0 Å². The van der Waals surface area contributed by atoms with Gasteiger partial charge in [0.05, 0.1) is 5.60 Å². The highest BCUT2D eigenvalue weighted by Crippen LogP contribution is 2.46. The SMILES string of the molecule is C=C1CCC=C(C)C(O)C(O)C(C(C)C)=CC2C1CCC2(C)O. The molecular weight excluding hydrogens is 288 g/mol. The molecule has 0 bridgehead atoms. The number of allylic oxidation sites excluding steroid dienone is 2. The maximum Gasteiger partial charge on any atom is 0.105 e. The van der Waals surface area contributed by atoms with Crippen molar-refractivity contribution in [1.29, 1.82) is 0 Å². The van der Waals surface area contributed by atoms with Gasteiger partial charge in [0.15, 0.2) is 0 Å². The first-order valence-corrected chi connectivity index (χ1v) is 8.79. The summed E-state index contributed by atoms with van der Waals surface area (Å²) in [6.07, 6.45) is 5.58. The second-order valence-corrected chi connectivity index (χ2v) is 7.88. The van der Waals surface area contributed by atoms with Gasteiger partial charge in [-0.3, -0.25) is 0 Å². The Labute approximate surface area is 140 Å². The molecule has 0 aliphatic heterocycles. The Morgan fingerprint density at radius 2 is 1.91 bits per heavy atom. The van der Waals surface area contributed by atoms with E-state index in [1.165, 1.54) is 5.57 Å². The minimum absolute atomic E-state index is 0.0485. The molecule has 5 atom stereocenters. The van der Waals surface area contributed by atoms with Crippen LogP contribution in [0.15, 0.2) is 35.5 Å². The molecule has 0 heterocycles. The van der Waals surface area contributed by atoms with E-state index in [0.29, 0.717) is 0 Å². The van der Waals surface area contributed by atoms with E-state index in [9.17, 15) is 15.3 Å². The number of aliphatic hydroxyl groups excluding tert-OH is 2. The van der Waals surface area contributed by atoms with Gasteiger partial charge in [-0.05, 0) is 62.5 Å². The fourth-order valence-corrected chi connectivity index (χ4v) is 4.04. The molecule has 2 aliphatic carbocycles. The van der Waals surface area contributed by atoms with Crippen LogP contribution in [-0.4, -0.2) is 33.1 Å². The normalized spacial score (nSPS) is 39.6. The van der Waals surface area contributed by atoms with E-state index in [2.05, 4.69) is 6.58 Å². The molecule has 1 fully saturated rings. The molecule has 3 heteroatoms. The van der Waals surface area contributed by atoms with Crippen molar-refractivity contribution >= 4 is 0 Å². The zero-order chi connectivity index (χ0) is 17.4. The van der Waals surface area contributed by atoms with Crippen molar-refractivity contribution in [3.05, 3.63) is 35.5 Å². The molecule has 0 saturated heterocycles. The van der Waals surface area contributed by atoms with Crippen molar-refractivity contribution in [3.8, 4) is 0 Å². The lowest BCUT2D eigenvalue weighted by molar-refractivity contribution is 0.0295. The summed E-state index contributed by atoms with van der Waals surface area (Å²) < 4.78 is 0. The molecule has 130 valence electrons. The number of aliphatic hydroxyl groups is 3. The minimum atomic E-state index is -0.922. The summed E-state index contributed by atoms with van der Waals surface area (Å²) in [6.45, 7) is 12.1. The van der Waals surface area contributed by atoms with Crippen molar-refractivity contribution in [2.24, 2.45) is 17.8 Å². The van der Waals surface area contributed by atoms with Crippen LogP contribution in [0.1, 0.15) is 53.4 Å². The van der Waals surface area contributed by atoms with Crippen LogP contribution in [-0.2, 0) is 0 Å². The number of hydrogen-bond acceptors (Lipinski definition) is 3. The van der Waals surface area contributed by atoms with Gasteiger partial charge in [-0.1, -0.05) is 38.2 Å². The summed E-state index contributed by atoms with van der Waals surface area (Å²) in [5.74, 6) is 0.307. The van der Waals surface area contributed by atoms with Gasteiger partial charge in [-0.15, -0.1) is 0 Å². The standard InChI is InChI=1S/C20H32O3/c1-12(2)16-11-17-15(9-10-20(17,5)23)13(3)7-6-8-14(4)18(21)19(16)22/h8,11-12,15,17-19,21-23H,3,6-7,9-10H2,1-2,4-5H3. The topological polar surface area (TPSA) is 60.7 Å². The molecule has 0 aromatic rings. The van der Waals surface area contributed by atoms with E-state index in [4.69, 9.17) is 0 Å². The Balaban J connectivity index is 2.50. The molecule has 0 aromatic heterocycles. The largest absolute Gasteiger partial charge is 0.390 e. The fourth-order valence-electron chi connectivity index (χ4n) is 4.04. The Kier molecular flexibility index (Phi) is 5.55. The number of hydrogen-bond donors (Lipinski definition) is 3. The van der Waals surface area contributed by atoms with Gasteiger partial charge in [0.1, 0.15) is 12.2 Å². The van der Waals surface area contributed by atoms with E-state index in [0.717, 1.165) is 36.8 Å². The van der Waals surface area contributed by atoms with Gasteiger partial charge in [-0.2, -0.15) is 0 Å². The van der Waals surface area contributed by atoms with Crippen LogP contribution in [0.2, 0.25) is 0 Å². The van der Waals surface area contributed by atoms with Crippen LogP contribution in [0.5, 0.6) is 0 Å². The Morgan fingerprint density at radius 3 is 2.52 bits per heavy atom. The first-order valence-electron chi connectivity index (χ1n) is 8.79. The van der Waals surface area contributed by atoms with Crippen LogP contribution in [0.25, 0.3) is 0 Å². The third-order valence-electron chi connectivity index (χ3n) is 5.72. The molecular formula is C20H32O3. The summed E-state index contributed by atoms with van der Waals surface area (Å²) in [4.78, 5) is 0. The zero-order valence-corrected chi connectivity index (χ0v) is 14.9. The summed E-state index contributed by atoms with van der Waals surface area (Å²) in [7, 11) is 0. The van der Waals surface area contributed by atoms with Crippen LogP contribution in [0.4, 0.5) is 0 Å². The fraction of sp³-hybridized carbons (Fsp3) is 0.700. The molecule has 2 rings (SSSR count). The Bertz CT molecular complexity index is 513. The molecule has 3 nitrogen and oxygen atoms in total. The van der Waals surface area contributed by atoms with Gasteiger partial charge in [0.2, 0.25) is 0 Å². The van der Waals surface area contributed by atoms with E-state index < -0.39 is 17.8 Å². The highest BCUT2D eigenvalue weighted by atomic mass is 16.3. The quantitative estimate of drug-likeness (QED) is 0.649. The molecule has 3 N–H and O–H groups in total. The van der Waals surface area contributed by atoms with Gasteiger partial charge in [0, 0.05) is 5.92 Å². The molecule has 5 unspecified atom stereocenters. The maximum atomic E-state index is 10.8.